The lowest BCUT2D eigenvalue weighted by atomic mass is 9.93. The number of amides is 2. The van der Waals surface area contributed by atoms with Crippen LogP contribution in [0, 0.1) is 5.92 Å². The molecule has 0 spiro atoms. The zero-order chi connectivity index (χ0) is 22.1. The maximum atomic E-state index is 12.2. The van der Waals surface area contributed by atoms with E-state index in [0.717, 1.165) is 58.1 Å². The molecule has 0 aliphatic carbocycles. The number of rotatable bonds is 5. The first kappa shape index (κ1) is 27.7. The number of carbonyl (C=O) groups excluding carboxylic acids is 2. The fourth-order valence-corrected chi connectivity index (χ4v) is 3.85. The van der Waals surface area contributed by atoms with Gasteiger partial charge in [0.1, 0.15) is 5.60 Å². The number of nitrogens with zero attached hydrogens (tertiary/aromatic N) is 4. The molecule has 0 unspecified atom stereocenters. The zero-order valence-electron chi connectivity index (χ0n) is 19.8. The molecule has 2 N–H and O–H groups in total. The third-order valence-corrected chi connectivity index (χ3v) is 5.61. The molecule has 0 aromatic carbocycles. The number of carbonyl (C=O) groups is 2. The molecule has 180 valence electrons. The largest absolute Gasteiger partial charge is 0.444 e. The van der Waals surface area contributed by atoms with E-state index in [2.05, 4.69) is 25.4 Å². The fraction of sp³-hybridized carbons (Fsp3) is 0.857. The Bertz CT molecular complexity index is 594. The lowest BCUT2D eigenvalue weighted by Gasteiger charge is -2.36. The molecule has 0 aromatic rings. The number of aliphatic imine (C=N–C) groups is 1. The number of hydrogen-bond acceptors (Lipinski definition) is 5. The van der Waals surface area contributed by atoms with Crippen LogP contribution in [0.5, 0.6) is 0 Å². The van der Waals surface area contributed by atoms with Gasteiger partial charge in [-0.15, -0.1) is 24.0 Å². The van der Waals surface area contributed by atoms with E-state index in [9.17, 15) is 9.59 Å². The van der Waals surface area contributed by atoms with Crippen molar-refractivity contribution in [2.45, 2.75) is 45.6 Å². The van der Waals surface area contributed by atoms with Gasteiger partial charge in [-0.2, -0.15) is 0 Å². The van der Waals surface area contributed by atoms with Crippen LogP contribution in [0.25, 0.3) is 0 Å². The molecular formula is C21H41IN6O3. The highest BCUT2D eigenvalue weighted by Gasteiger charge is 2.26. The van der Waals surface area contributed by atoms with Crippen LogP contribution in [0.1, 0.15) is 40.0 Å². The van der Waals surface area contributed by atoms with Crippen molar-refractivity contribution >= 4 is 41.9 Å². The van der Waals surface area contributed by atoms with Crippen molar-refractivity contribution in [2.24, 2.45) is 10.9 Å². The van der Waals surface area contributed by atoms with Crippen LogP contribution < -0.4 is 10.6 Å². The monoisotopic (exact) mass is 552 g/mol. The standard InChI is InChI=1S/C21H40N6O3.HI/c1-21(2,3)30-20(29)27-14-12-25(13-15-27)11-8-24-19(23-5)26-9-6-17(7-10-26)16-18(28)22-4;/h17H,6-16H2,1-5H3,(H,22,28)(H,23,24);1H. The molecule has 31 heavy (non-hydrogen) atoms. The normalized spacial score (nSPS) is 18.9. The van der Waals surface area contributed by atoms with Gasteiger partial charge in [-0.25, -0.2) is 4.79 Å². The third kappa shape index (κ3) is 9.80. The molecule has 2 saturated heterocycles. The van der Waals surface area contributed by atoms with Gasteiger partial charge in [0.2, 0.25) is 5.91 Å². The summed E-state index contributed by atoms with van der Waals surface area (Å²) in [7, 11) is 3.51. The summed E-state index contributed by atoms with van der Waals surface area (Å²) in [4.78, 5) is 34.6. The Morgan fingerprint density at radius 1 is 1.03 bits per heavy atom. The number of piperazine rings is 1. The number of hydrogen-bond donors (Lipinski definition) is 2. The molecular weight excluding hydrogens is 511 g/mol. The fourth-order valence-electron chi connectivity index (χ4n) is 3.85. The van der Waals surface area contributed by atoms with Crippen molar-refractivity contribution < 1.29 is 14.3 Å². The molecule has 2 aliphatic rings. The number of halogens is 1. The summed E-state index contributed by atoms with van der Waals surface area (Å²) in [5.41, 5.74) is -0.453. The second kappa shape index (κ2) is 13.3. The Hall–Kier alpha value is -1.30. The van der Waals surface area contributed by atoms with Crippen LogP contribution in [0.2, 0.25) is 0 Å². The van der Waals surface area contributed by atoms with E-state index < -0.39 is 5.60 Å². The molecule has 0 atom stereocenters. The lowest BCUT2D eigenvalue weighted by Crippen LogP contribution is -2.52. The molecule has 2 aliphatic heterocycles. The van der Waals surface area contributed by atoms with Gasteiger partial charge in [0, 0.05) is 72.9 Å². The number of nitrogens with one attached hydrogen (secondary N) is 2. The molecule has 0 aromatic heterocycles. The van der Waals surface area contributed by atoms with E-state index in [0.29, 0.717) is 25.4 Å². The van der Waals surface area contributed by atoms with Crippen LogP contribution in [0.4, 0.5) is 4.79 Å². The number of piperidine rings is 1. The SMILES string of the molecule is CN=C(NCCN1CCN(C(=O)OC(C)(C)C)CC1)N1CCC(CC(=O)NC)CC1.I. The Balaban J connectivity index is 0.00000480. The second-order valence-electron chi connectivity index (χ2n) is 9.09. The summed E-state index contributed by atoms with van der Waals surface area (Å²) in [6.07, 6.45) is 2.42. The van der Waals surface area contributed by atoms with Gasteiger partial charge in [0.25, 0.3) is 0 Å². The highest BCUT2D eigenvalue weighted by molar-refractivity contribution is 14.0. The first-order valence-electron chi connectivity index (χ1n) is 11.1. The molecule has 0 bridgehead atoms. The molecule has 0 radical (unpaired) electrons. The first-order chi connectivity index (χ1) is 14.2. The average molecular weight is 553 g/mol. The predicted molar refractivity (Wildman–Crippen MR) is 134 cm³/mol. The minimum Gasteiger partial charge on any atom is -0.444 e. The molecule has 2 heterocycles. The smallest absolute Gasteiger partial charge is 0.410 e. The van der Waals surface area contributed by atoms with Crippen molar-refractivity contribution in [3.63, 3.8) is 0 Å². The first-order valence-corrected chi connectivity index (χ1v) is 11.1. The van der Waals surface area contributed by atoms with E-state index in [1.165, 1.54) is 0 Å². The second-order valence-corrected chi connectivity index (χ2v) is 9.09. The molecule has 2 rings (SSSR count). The van der Waals surface area contributed by atoms with E-state index in [1.54, 1.807) is 11.9 Å². The molecule has 2 fully saturated rings. The van der Waals surface area contributed by atoms with Crippen molar-refractivity contribution in [1.29, 1.82) is 0 Å². The van der Waals surface area contributed by atoms with E-state index in [1.807, 2.05) is 27.8 Å². The average Bonchev–Trinajstić information content (AvgIpc) is 2.71. The van der Waals surface area contributed by atoms with Crippen LogP contribution in [0.15, 0.2) is 4.99 Å². The van der Waals surface area contributed by atoms with Crippen molar-refractivity contribution in [2.75, 3.05) is 66.5 Å². The summed E-state index contributed by atoms with van der Waals surface area (Å²) in [5.74, 6) is 1.52. The molecule has 2 amide bonds. The third-order valence-electron chi connectivity index (χ3n) is 5.61. The minimum absolute atomic E-state index is 0. The van der Waals surface area contributed by atoms with Gasteiger partial charge in [0.15, 0.2) is 5.96 Å². The topological polar surface area (TPSA) is 89.5 Å². The number of ether oxygens (including phenoxy) is 1. The quantitative estimate of drug-likeness (QED) is 0.306. The maximum Gasteiger partial charge on any atom is 0.410 e. The van der Waals surface area contributed by atoms with Gasteiger partial charge < -0.3 is 25.2 Å². The van der Waals surface area contributed by atoms with Gasteiger partial charge in [-0.05, 0) is 39.5 Å². The van der Waals surface area contributed by atoms with Crippen LogP contribution in [-0.2, 0) is 9.53 Å². The summed E-state index contributed by atoms with van der Waals surface area (Å²) < 4.78 is 5.45. The van der Waals surface area contributed by atoms with E-state index in [-0.39, 0.29) is 36.0 Å². The summed E-state index contributed by atoms with van der Waals surface area (Å²) in [5, 5.41) is 6.18. The van der Waals surface area contributed by atoms with Gasteiger partial charge in [-0.1, -0.05) is 0 Å². The summed E-state index contributed by atoms with van der Waals surface area (Å²) in [6.45, 7) is 12.4. The predicted octanol–water partition coefficient (Wildman–Crippen LogP) is 1.58. The summed E-state index contributed by atoms with van der Waals surface area (Å²) >= 11 is 0. The minimum atomic E-state index is -0.453. The van der Waals surface area contributed by atoms with Gasteiger partial charge in [0.05, 0.1) is 0 Å². The molecule has 0 saturated carbocycles. The van der Waals surface area contributed by atoms with Crippen molar-refractivity contribution in [1.82, 2.24) is 25.3 Å². The van der Waals surface area contributed by atoms with Crippen LogP contribution in [0.3, 0.4) is 0 Å². The van der Waals surface area contributed by atoms with E-state index in [4.69, 9.17) is 4.74 Å². The zero-order valence-corrected chi connectivity index (χ0v) is 22.1. The molecule has 9 nitrogen and oxygen atoms in total. The Morgan fingerprint density at radius 3 is 2.16 bits per heavy atom. The van der Waals surface area contributed by atoms with Gasteiger partial charge in [-0.3, -0.25) is 14.7 Å². The van der Waals surface area contributed by atoms with Crippen molar-refractivity contribution in [3.05, 3.63) is 0 Å². The Morgan fingerprint density at radius 2 is 1.65 bits per heavy atom. The Kier molecular flexibility index (Phi) is 11.9. The summed E-state index contributed by atoms with van der Waals surface area (Å²) in [6, 6.07) is 0. The molecule has 10 heteroatoms. The highest BCUT2D eigenvalue weighted by atomic mass is 127. The van der Waals surface area contributed by atoms with Crippen molar-refractivity contribution in [3.8, 4) is 0 Å². The number of guanidine groups is 1. The Labute approximate surface area is 204 Å². The van der Waals surface area contributed by atoms with Crippen LogP contribution >= 0.6 is 24.0 Å². The maximum absolute atomic E-state index is 12.2. The number of likely N-dealkylation sites (tertiary alicyclic amines) is 1. The highest BCUT2D eigenvalue weighted by Crippen LogP contribution is 2.20. The van der Waals surface area contributed by atoms with Gasteiger partial charge >= 0.3 is 6.09 Å². The lowest BCUT2D eigenvalue weighted by molar-refractivity contribution is -0.121. The van der Waals surface area contributed by atoms with E-state index >= 15 is 0 Å². The van der Waals surface area contributed by atoms with Crippen LogP contribution in [-0.4, -0.2) is 105 Å².